The number of para-hydroxylation sites is 2. The van der Waals surface area contributed by atoms with E-state index in [1.807, 2.05) is 42.6 Å². The molecule has 5 heterocycles. The summed E-state index contributed by atoms with van der Waals surface area (Å²) < 4.78 is 0. The number of carbonyl (C=O) groups is 1. The van der Waals surface area contributed by atoms with Gasteiger partial charge in [0, 0.05) is 49.5 Å². The molecule has 0 saturated heterocycles. The van der Waals surface area contributed by atoms with Crippen LogP contribution in [0.4, 0.5) is 11.4 Å². The van der Waals surface area contributed by atoms with Gasteiger partial charge in [-0.2, -0.15) is 0 Å². The van der Waals surface area contributed by atoms with E-state index in [1.165, 1.54) is 92.1 Å². The third kappa shape index (κ3) is 10.9. The average Bonchev–Trinajstić information content (AvgIpc) is 3.58. The van der Waals surface area contributed by atoms with Crippen molar-refractivity contribution in [2.45, 2.75) is 83.7 Å². The van der Waals surface area contributed by atoms with E-state index in [0.717, 1.165) is 44.0 Å². The quantitative estimate of drug-likeness (QED) is 0.140. The van der Waals surface area contributed by atoms with Crippen molar-refractivity contribution < 1.29 is 4.79 Å². The zero-order valence-electron chi connectivity index (χ0n) is 31.0. The van der Waals surface area contributed by atoms with Crippen LogP contribution in [0.2, 0.25) is 0 Å². The van der Waals surface area contributed by atoms with Gasteiger partial charge in [0.15, 0.2) is 0 Å². The summed E-state index contributed by atoms with van der Waals surface area (Å²) in [5, 5.41) is 12.3. The summed E-state index contributed by atoms with van der Waals surface area (Å²) in [6.45, 7) is 5.59. The van der Waals surface area contributed by atoms with Crippen molar-refractivity contribution in [2.24, 2.45) is 0 Å². The summed E-state index contributed by atoms with van der Waals surface area (Å²) in [7, 11) is 1.81. The minimum absolute atomic E-state index is 0.186. The molecule has 1 aromatic heterocycles. The van der Waals surface area contributed by atoms with E-state index < -0.39 is 0 Å². The molecular formula is C46H56N4OS. The number of aryl methyl sites for hydroxylation is 4. The number of hydrogen-bond donors (Lipinski definition) is 3. The molecule has 4 aliphatic heterocycles. The Labute approximate surface area is 315 Å². The van der Waals surface area contributed by atoms with Crippen molar-refractivity contribution in [3.63, 3.8) is 0 Å². The Morgan fingerprint density at radius 2 is 1.08 bits per heavy atom. The molecule has 52 heavy (non-hydrogen) atoms. The Hall–Kier alpha value is -4.23. The summed E-state index contributed by atoms with van der Waals surface area (Å²) in [4.78, 5) is 14.4. The lowest BCUT2D eigenvalue weighted by Crippen LogP contribution is -2.21. The third-order valence-electron chi connectivity index (χ3n) is 10.5. The van der Waals surface area contributed by atoms with Crippen molar-refractivity contribution in [2.75, 3.05) is 36.9 Å². The van der Waals surface area contributed by atoms with E-state index in [0.29, 0.717) is 6.42 Å². The Morgan fingerprint density at radius 1 is 0.519 bits per heavy atom. The molecular weight excluding hydrogens is 657 g/mol. The van der Waals surface area contributed by atoms with Gasteiger partial charge in [0.2, 0.25) is 5.91 Å². The topological polar surface area (TPSA) is 56.4 Å². The van der Waals surface area contributed by atoms with Gasteiger partial charge < -0.3 is 20.9 Å². The predicted molar refractivity (Wildman–Crippen MR) is 221 cm³/mol. The zero-order chi connectivity index (χ0) is 35.8. The van der Waals surface area contributed by atoms with Crippen LogP contribution in [0.1, 0.15) is 75.9 Å². The van der Waals surface area contributed by atoms with Crippen LogP contribution in [-0.4, -0.2) is 32.6 Å². The van der Waals surface area contributed by atoms with E-state index >= 15 is 0 Å². The summed E-state index contributed by atoms with van der Waals surface area (Å²) >= 11 is 1.89. The number of likely N-dealkylation sites (N-methyl/N-ethyl adjacent to an activating group) is 1. The third-order valence-corrected chi connectivity index (χ3v) is 11.5. The van der Waals surface area contributed by atoms with Gasteiger partial charge in [-0.3, -0.25) is 4.79 Å². The number of carbonyl (C=O) groups excluding carboxylic acids is 1. The normalized spacial score (nSPS) is 16.5. The Balaban J connectivity index is 0.000000112. The van der Waals surface area contributed by atoms with Crippen molar-refractivity contribution in [3.8, 4) is 0 Å². The highest BCUT2D eigenvalue weighted by Gasteiger charge is 2.22. The maximum absolute atomic E-state index is 11.2. The monoisotopic (exact) mass is 712 g/mol. The summed E-state index contributed by atoms with van der Waals surface area (Å²) in [6.07, 6.45) is 13.6. The van der Waals surface area contributed by atoms with Gasteiger partial charge >= 0.3 is 0 Å². The van der Waals surface area contributed by atoms with Gasteiger partial charge in [0.25, 0.3) is 0 Å². The van der Waals surface area contributed by atoms with Crippen LogP contribution in [0, 0.1) is 0 Å². The van der Waals surface area contributed by atoms with Crippen LogP contribution in [0.5, 0.6) is 0 Å². The summed E-state index contributed by atoms with van der Waals surface area (Å²) in [6, 6.07) is 36.2. The number of thiophene rings is 1. The lowest BCUT2D eigenvalue weighted by atomic mass is 10.0. The molecule has 0 atom stereocenters. The predicted octanol–water partition coefficient (Wildman–Crippen LogP) is 9.32. The Morgan fingerprint density at radius 3 is 1.79 bits per heavy atom. The molecule has 0 bridgehead atoms. The van der Waals surface area contributed by atoms with E-state index in [1.54, 1.807) is 20.9 Å². The van der Waals surface area contributed by atoms with Crippen LogP contribution in [0.3, 0.4) is 0 Å². The number of rotatable bonds is 0. The van der Waals surface area contributed by atoms with Crippen LogP contribution in [0.15, 0.2) is 109 Å². The molecule has 5 aliphatic rings. The van der Waals surface area contributed by atoms with Gasteiger partial charge in [0.1, 0.15) is 0 Å². The molecule has 272 valence electrons. The second-order valence-electron chi connectivity index (χ2n) is 14.1. The summed E-state index contributed by atoms with van der Waals surface area (Å²) in [5.74, 6) is 0.186. The molecule has 0 saturated carbocycles. The second kappa shape index (κ2) is 20.1. The highest BCUT2D eigenvalue weighted by Crippen LogP contribution is 2.26. The number of fused-ring (bicyclic) bond motifs is 5. The largest absolute Gasteiger partial charge is 0.385 e. The molecule has 0 spiro atoms. The first kappa shape index (κ1) is 37.5. The average molecular weight is 713 g/mol. The maximum Gasteiger partial charge on any atom is 0.231 e. The minimum atomic E-state index is 0.186. The van der Waals surface area contributed by atoms with Gasteiger partial charge in [-0.1, -0.05) is 91.3 Å². The number of benzene rings is 4. The highest BCUT2D eigenvalue weighted by molar-refractivity contribution is 7.10. The van der Waals surface area contributed by atoms with E-state index in [-0.39, 0.29) is 5.91 Å². The fourth-order valence-electron chi connectivity index (χ4n) is 7.44. The lowest BCUT2D eigenvalue weighted by Gasteiger charge is -2.16. The summed E-state index contributed by atoms with van der Waals surface area (Å²) in [5.41, 5.74) is 12.7. The van der Waals surface area contributed by atoms with Crippen molar-refractivity contribution >= 4 is 28.6 Å². The van der Waals surface area contributed by atoms with E-state index in [2.05, 4.69) is 100 Å². The molecule has 0 fully saturated rings. The fourth-order valence-corrected chi connectivity index (χ4v) is 8.35. The first-order chi connectivity index (χ1) is 25.7. The number of anilines is 2. The van der Waals surface area contributed by atoms with E-state index in [9.17, 15) is 4.79 Å². The molecule has 6 heteroatoms. The fraction of sp³-hybridized carbons (Fsp3) is 0.370. The molecule has 0 radical (unpaired) electrons. The molecule has 4 aromatic carbocycles. The minimum Gasteiger partial charge on any atom is -0.385 e. The number of nitrogens with one attached hydrogen (secondary N) is 3. The van der Waals surface area contributed by atoms with Gasteiger partial charge in [-0.05, 0) is 127 Å². The standard InChI is InChI=1S/C11H14.C10H13N.C9H9NO.C9H11N.C7H9NS/c1-2-6-10-8-4-5-9-11(10)7-3-1;1-2-5-10-8-11-7-3-6-9(10)4-1;1-10-8-5-3-2-4-7(8)6-9(10)11;1-2-6-9-8(4-1)5-3-7-10-9;1-3-8-5-6-2-4-9-7(1)6/h4-5,8-9H,1-3,6-7H2;1-2,4-5,11H,3,6-8H2;2-5H,6H2,1H3;1-2,4,6,10H,3,5,7H2;2,4,8H,1,3,5H2. The zero-order valence-corrected chi connectivity index (χ0v) is 31.8. The first-order valence-electron chi connectivity index (χ1n) is 19.4. The van der Waals surface area contributed by atoms with Crippen LogP contribution in [-0.2, 0) is 56.4 Å². The molecule has 10 rings (SSSR count). The van der Waals surface area contributed by atoms with Crippen LogP contribution in [0.25, 0.3) is 0 Å². The molecule has 5 aromatic rings. The Bertz CT molecular complexity index is 1700. The molecule has 0 unspecified atom stereocenters. The van der Waals surface area contributed by atoms with E-state index in [4.69, 9.17) is 0 Å². The van der Waals surface area contributed by atoms with Gasteiger partial charge in [-0.25, -0.2) is 0 Å². The van der Waals surface area contributed by atoms with Gasteiger partial charge in [-0.15, -0.1) is 11.3 Å². The molecule has 1 amide bonds. The maximum atomic E-state index is 11.2. The number of nitrogens with zero attached hydrogens (tertiary/aromatic N) is 1. The van der Waals surface area contributed by atoms with Crippen LogP contribution >= 0.6 is 11.3 Å². The van der Waals surface area contributed by atoms with Crippen molar-refractivity contribution in [1.29, 1.82) is 0 Å². The SMILES string of the molecule is CN1C(=O)Cc2ccccc21.c1cc2c(s1)CCNC2.c1ccc2c(c1)CCCCC2.c1ccc2c(c1)CCCN2.c1ccc2c(c1)CCCNC2. The first-order valence-corrected chi connectivity index (χ1v) is 20.3. The second-order valence-corrected chi connectivity index (χ2v) is 15.1. The van der Waals surface area contributed by atoms with Crippen molar-refractivity contribution in [3.05, 3.63) is 152 Å². The molecule has 3 N–H and O–H groups in total. The van der Waals surface area contributed by atoms with Gasteiger partial charge in [0.05, 0.1) is 6.42 Å². The Kier molecular flexibility index (Phi) is 14.5. The lowest BCUT2D eigenvalue weighted by molar-refractivity contribution is -0.117. The highest BCUT2D eigenvalue weighted by atomic mass is 32.1. The smallest absolute Gasteiger partial charge is 0.231 e. The molecule has 5 nitrogen and oxygen atoms in total. The number of amides is 1. The number of hydrogen-bond acceptors (Lipinski definition) is 5. The van der Waals surface area contributed by atoms with Crippen LogP contribution < -0.4 is 20.9 Å². The molecule has 1 aliphatic carbocycles. The van der Waals surface area contributed by atoms with Crippen molar-refractivity contribution in [1.82, 2.24) is 10.6 Å².